The van der Waals surface area contributed by atoms with Gasteiger partial charge in [-0.2, -0.15) is 5.10 Å². The molecule has 1 atom stereocenters. The van der Waals surface area contributed by atoms with Crippen LogP contribution in [0.1, 0.15) is 55.5 Å². The number of para-hydroxylation sites is 1. The molecular formula is C24H38N6O. The van der Waals surface area contributed by atoms with Crippen LogP contribution in [0.25, 0.3) is 0 Å². The lowest BCUT2D eigenvalue weighted by atomic mass is 10.0. The van der Waals surface area contributed by atoms with Crippen LogP contribution in [0, 0.1) is 0 Å². The highest BCUT2D eigenvalue weighted by Gasteiger charge is 2.26. The lowest BCUT2D eigenvalue weighted by molar-refractivity contribution is 0.238. The molecule has 1 aromatic heterocycles. The first-order valence-corrected chi connectivity index (χ1v) is 11.3. The molecule has 1 N–H and O–H groups in total. The summed E-state index contributed by atoms with van der Waals surface area (Å²) in [5.41, 5.74) is 3.62. The fourth-order valence-electron chi connectivity index (χ4n) is 4.50. The molecule has 2 aromatic rings. The molecule has 1 fully saturated rings. The van der Waals surface area contributed by atoms with Gasteiger partial charge in [0.05, 0.1) is 18.8 Å². The minimum atomic E-state index is 0.244. The Morgan fingerprint density at radius 3 is 2.61 bits per heavy atom. The summed E-state index contributed by atoms with van der Waals surface area (Å²) in [6.45, 7) is 8.16. The molecule has 1 aliphatic rings. The maximum atomic E-state index is 5.68. The van der Waals surface area contributed by atoms with Crippen LogP contribution in [0.5, 0.6) is 5.75 Å². The third-order valence-electron chi connectivity index (χ3n) is 6.00. The summed E-state index contributed by atoms with van der Waals surface area (Å²) in [7, 11) is 7.66. The van der Waals surface area contributed by atoms with Gasteiger partial charge in [-0.25, -0.2) is 0 Å². The zero-order valence-corrected chi connectivity index (χ0v) is 19.9. The Labute approximate surface area is 187 Å². The normalized spacial score (nSPS) is 16.0. The number of aryl methyl sites for hydroxylation is 1. The van der Waals surface area contributed by atoms with Crippen molar-refractivity contribution in [3.63, 3.8) is 0 Å². The number of guanidine groups is 1. The van der Waals surface area contributed by atoms with Crippen LogP contribution >= 0.6 is 0 Å². The van der Waals surface area contributed by atoms with Gasteiger partial charge in [0.15, 0.2) is 5.96 Å². The van der Waals surface area contributed by atoms with E-state index in [0.717, 1.165) is 43.6 Å². The second kappa shape index (κ2) is 10.7. The van der Waals surface area contributed by atoms with Crippen LogP contribution in [-0.2, 0) is 13.6 Å². The number of nitrogens with one attached hydrogen (secondary N) is 1. The average Bonchev–Trinajstić information content (AvgIpc) is 3.41. The summed E-state index contributed by atoms with van der Waals surface area (Å²) in [5, 5.41) is 8.27. The molecule has 170 valence electrons. The van der Waals surface area contributed by atoms with Gasteiger partial charge in [-0.05, 0) is 37.9 Å². The van der Waals surface area contributed by atoms with Gasteiger partial charge in [0, 0.05) is 51.6 Å². The van der Waals surface area contributed by atoms with Crippen molar-refractivity contribution in [3.8, 4) is 5.75 Å². The van der Waals surface area contributed by atoms with Gasteiger partial charge < -0.3 is 15.0 Å². The summed E-state index contributed by atoms with van der Waals surface area (Å²) in [5.74, 6) is 2.23. The first-order valence-electron chi connectivity index (χ1n) is 11.3. The number of aliphatic imine (C=N–C) groups is 1. The molecule has 0 bridgehead atoms. The van der Waals surface area contributed by atoms with Crippen molar-refractivity contribution in [2.24, 2.45) is 12.0 Å². The van der Waals surface area contributed by atoms with Crippen molar-refractivity contribution in [1.29, 1.82) is 0 Å². The topological polar surface area (TPSA) is 57.9 Å². The van der Waals surface area contributed by atoms with E-state index >= 15 is 0 Å². The Kier molecular flexibility index (Phi) is 7.96. The molecule has 31 heavy (non-hydrogen) atoms. The summed E-state index contributed by atoms with van der Waals surface area (Å²) in [6.07, 6.45) is 4.61. The molecular weight excluding hydrogens is 388 g/mol. The van der Waals surface area contributed by atoms with Gasteiger partial charge in [-0.3, -0.25) is 14.6 Å². The molecule has 1 unspecified atom stereocenters. The lowest BCUT2D eigenvalue weighted by Crippen LogP contribution is -2.43. The van der Waals surface area contributed by atoms with E-state index in [1.54, 1.807) is 7.11 Å². The Morgan fingerprint density at radius 2 is 1.97 bits per heavy atom. The Morgan fingerprint density at radius 1 is 1.26 bits per heavy atom. The van der Waals surface area contributed by atoms with Crippen LogP contribution in [0.4, 0.5) is 0 Å². The molecule has 0 aliphatic carbocycles. The van der Waals surface area contributed by atoms with Gasteiger partial charge >= 0.3 is 0 Å². The number of rotatable bonds is 8. The number of nitrogens with zero attached hydrogens (tertiary/aromatic N) is 5. The van der Waals surface area contributed by atoms with E-state index in [-0.39, 0.29) is 6.04 Å². The first-order chi connectivity index (χ1) is 14.9. The highest BCUT2D eigenvalue weighted by Crippen LogP contribution is 2.31. The van der Waals surface area contributed by atoms with Crippen molar-refractivity contribution < 1.29 is 4.74 Å². The van der Waals surface area contributed by atoms with Gasteiger partial charge in [0.1, 0.15) is 5.75 Å². The highest BCUT2D eigenvalue weighted by molar-refractivity contribution is 5.79. The number of methoxy groups -OCH3 is 1. The number of hydrogen-bond donors (Lipinski definition) is 1. The van der Waals surface area contributed by atoms with Gasteiger partial charge in [0.25, 0.3) is 0 Å². The van der Waals surface area contributed by atoms with E-state index in [4.69, 9.17) is 4.74 Å². The molecule has 1 aliphatic heterocycles. The molecule has 2 heterocycles. The fraction of sp³-hybridized carbons (Fsp3) is 0.583. The maximum Gasteiger partial charge on any atom is 0.193 e. The van der Waals surface area contributed by atoms with Gasteiger partial charge in [-0.1, -0.05) is 32.0 Å². The minimum absolute atomic E-state index is 0.244. The van der Waals surface area contributed by atoms with Crippen molar-refractivity contribution in [2.75, 3.05) is 40.8 Å². The second-order valence-electron chi connectivity index (χ2n) is 8.65. The zero-order valence-electron chi connectivity index (χ0n) is 19.9. The van der Waals surface area contributed by atoms with Crippen LogP contribution in [0.15, 0.2) is 35.5 Å². The molecule has 1 saturated heterocycles. The van der Waals surface area contributed by atoms with Crippen molar-refractivity contribution in [3.05, 3.63) is 47.3 Å². The van der Waals surface area contributed by atoms with E-state index < -0.39 is 0 Å². The smallest absolute Gasteiger partial charge is 0.193 e. The van der Waals surface area contributed by atoms with Gasteiger partial charge in [0.2, 0.25) is 0 Å². The monoisotopic (exact) mass is 426 g/mol. The third-order valence-corrected chi connectivity index (χ3v) is 6.00. The highest BCUT2D eigenvalue weighted by atomic mass is 16.5. The predicted octanol–water partition coefficient (Wildman–Crippen LogP) is 3.40. The molecule has 1 aromatic carbocycles. The van der Waals surface area contributed by atoms with E-state index in [2.05, 4.69) is 70.5 Å². The number of hydrogen-bond acceptors (Lipinski definition) is 4. The zero-order chi connectivity index (χ0) is 22.4. The molecule has 0 spiro atoms. The van der Waals surface area contributed by atoms with E-state index in [9.17, 15) is 0 Å². The van der Waals surface area contributed by atoms with Crippen molar-refractivity contribution in [2.45, 2.75) is 45.2 Å². The fourth-order valence-corrected chi connectivity index (χ4v) is 4.50. The van der Waals surface area contributed by atoms with E-state index in [1.165, 1.54) is 24.0 Å². The average molecular weight is 427 g/mol. The maximum absolute atomic E-state index is 5.68. The lowest BCUT2D eigenvalue weighted by Gasteiger charge is -2.31. The van der Waals surface area contributed by atoms with E-state index in [1.807, 2.05) is 24.8 Å². The molecule has 0 saturated carbocycles. The van der Waals surface area contributed by atoms with Gasteiger partial charge in [-0.15, -0.1) is 0 Å². The Hall–Kier alpha value is -2.54. The minimum Gasteiger partial charge on any atom is -0.496 e. The molecule has 7 nitrogen and oxygen atoms in total. The van der Waals surface area contributed by atoms with Crippen LogP contribution in [0.3, 0.4) is 0 Å². The molecule has 3 rings (SSSR count). The number of benzene rings is 1. The van der Waals surface area contributed by atoms with Crippen molar-refractivity contribution in [1.82, 2.24) is 24.9 Å². The Bertz CT molecular complexity index is 869. The van der Waals surface area contributed by atoms with Crippen LogP contribution in [0.2, 0.25) is 0 Å². The summed E-state index contributed by atoms with van der Waals surface area (Å²) < 4.78 is 7.58. The number of aromatic nitrogens is 2. The summed E-state index contributed by atoms with van der Waals surface area (Å²) in [6, 6.07) is 8.60. The third kappa shape index (κ3) is 5.58. The second-order valence-corrected chi connectivity index (χ2v) is 8.65. The molecule has 7 heteroatoms. The van der Waals surface area contributed by atoms with Crippen molar-refractivity contribution >= 4 is 5.96 Å². The van der Waals surface area contributed by atoms with Crippen LogP contribution in [-0.4, -0.2) is 66.4 Å². The molecule has 0 radical (unpaired) electrons. The largest absolute Gasteiger partial charge is 0.496 e. The summed E-state index contributed by atoms with van der Waals surface area (Å²) in [4.78, 5) is 9.28. The summed E-state index contributed by atoms with van der Waals surface area (Å²) >= 11 is 0. The number of ether oxygens (including phenoxy) is 1. The quantitative estimate of drug-likeness (QED) is 0.518. The Balaban J connectivity index is 1.73. The predicted molar refractivity (Wildman–Crippen MR) is 127 cm³/mol. The molecule has 0 amide bonds. The van der Waals surface area contributed by atoms with Crippen LogP contribution < -0.4 is 10.1 Å². The first kappa shape index (κ1) is 23.1. The standard InChI is InChI=1S/C24H38N6O/c1-18(2)23-19(17-29(5)27-23)16-28(4)24(25-3)26-15-21(30-13-9-10-14-30)20-11-7-8-12-22(20)31-6/h7-8,11-12,17-18,21H,9-10,13-16H2,1-6H3,(H,25,26). The SMILES string of the molecule is CN=C(NCC(c1ccccc1OC)N1CCCC1)N(C)Cc1cn(C)nc1C(C)C. The van der Waals surface area contributed by atoms with E-state index in [0.29, 0.717) is 5.92 Å². The number of likely N-dealkylation sites (tertiary alicyclic amines) is 1.